The number of rotatable bonds is 3. The van der Waals surface area contributed by atoms with Gasteiger partial charge < -0.3 is 5.32 Å². The van der Waals surface area contributed by atoms with E-state index in [0.29, 0.717) is 11.5 Å². The van der Waals surface area contributed by atoms with Crippen molar-refractivity contribution >= 4 is 0 Å². The Hall–Kier alpha value is -1.00. The van der Waals surface area contributed by atoms with Crippen LogP contribution in [0, 0.1) is 17.6 Å². The van der Waals surface area contributed by atoms with Gasteiger partial charge in [0.2, 0.25) is 0 Å². The van der Waals surface area contributed by atoms with Gasteiger partial charge in [-0.15, -0.1) is 0 Å². The first-order valence-corrected chi connectivity index (χ1v) is 7.66. The van der Waals surface area contributed by atoms with E-state index in [1.165, 1.54) is 18.9 Å². The summed E-state index contributed by atoms with van der Waals surface area (Å²) in [5.41, 5.74) is 0.554. The Morgan fingerprint density at radius 3 is 2.50 bits per heavy atom. The second kappa shape index (κ2) is 6.19. The van der Waals surface area contributed by atoms with Gasteiger partial charge in [0, 0.05) is 37.8 Å². The molecule has 2 aliphatic rings. The monoisotopic (exact) mass is 280 g/mol. The highest BCUT2D eigenvalue weighted by Gasteiger charge is 2.33. The lowest BCUT2D eigenvalue weighted by Gasteiger charge is -2.38. The van der Waals surface area contributed by atoms with Crippen LogP contribution in [0.3, 0.4) is 0 Å². The van der Waals surface area contributed by atoms with Crippen molar-refractivity contribution in [3.63, 3.8) is 0 Å². The number of nitrogens with zero attached hydrogens (tertiary/aromatic N) is 1. The highest BCUT2D eigenvalue weighted by molar-refractivity contribution is 5.24. The number of halogens is 2. The quantitative estimate of drug-likeness (QED) is 0.915. The SMILES string of the molecule is Fc1cccc([C@H](C2CCCC2)N2CCNCC2)c1F. The van der Waals surface area contributed by atoms with Gasteiger partial charge in [0.25, 0.3) is 0 Å². The molecule has 1 N–H and O–H groups in total. The predicted molar refractivity (Wildman–Crippen MR) is 75.5 cm³/mol. The van der Waals surface area contributed by atoms with E-state index in [-0.39, 0.29) is 6.04 Å². The molecule has 0 radical (unpaired) electrons. The molecule has 1 aliphatic heterocycles. The Morgan fingerprint density at radius 2 is 1.80 bits per heavy atom. The van der Waals surface area contributed by atoms with Gasteiger partial charge in [-0.05, 0) is 24.8 Å². The molecule has 20 heavy (non-hydrogen) atoms. The summed E-state index contributed by atoms with van der Waals surface area (Å²) in [6.07, 6.45) is 4.68. The number of benzene rings is 1. The van der Waals surface area contributed by atoms with Crippen LogP contribution in [-0.4, -0.2) is 31.1 Å². The second-order valence-electron chi connectivity index (χ2n) is 5.92. The van der Waals surface area contributed by atoms with Crippen LogP contribution in [0.25, 0.3) is 0 Å². The number of piperazine rings is 1. The average Bonchev–Trinajstić information content (AvgIpc) is 2.99. The molecule has 0 amide bonds. The van der Waals surface area contributed by atoms with Crippen LogP contribution in [0.2, 0.25) is 0 Å². The Kier molecular flexibility index (Phi) is 4.32. The smallest absolute Gasteiger partial charge is 0.163 e. The van der Waals surface area contributed by atoms with Crippen LogP contribution in [0.4, 0.5) is 8.78 Å². The molecule has 110 valence electrons. The van der Waals surface area contributed by atoms with E-state index >= 15 is 0 Å². The molecule has 1 saturated carbocycles. The zero-order chi connectivity index (χ0) is 13.9. The summed E-state index contributed by atoms with van der Waals surface area (Å²) in [6, 6.07) is 4.65. The van der Waals surface area contributed by atoms with Crippen molar-refractivity contribution < 1.29 is 8.78 Å². The molecule has 0 spiro atoms. The summed E-state index contributed by atoms with van der Waals surface area (Å²) in [4.78, 5) is 2.34. The van der Waals surface area contributed by atoms with E-state index in [1.807, 2.05) is 0 Å². The fraction of sp³-hybridized carbons (Fsp3) is 0.625. The molecular formula is C16H22F2N2. The third-order valence-corrected chi connectivity index (χ3v) is 4.69. The number of hydrogen-bond acceptors (Lipinski definition) is 2. The van der Waals surface area contributed by atoms with E-state index in [9.17, 15) is 8.78 Å². The van der Waals surface area contributed by atoms with E-state index in [4.69, 9.17) is 0 Å². The van der Waals surface area contributed by atoms with Gasteiger partial charge in [0.1, 0.15) is 0 Å². The molecule has 1 saturated heterocycles. The maximum absolute atomic E-state index is 14.2. The van der Waals surface area contributed by atoms with Crippen molar-refractivity contribution in [3.8, 4) is 0 Å². The molecule has 1 atom stereocenters. The van der Waals surface area contributed by atoms with Crippen LogP contribution in [0.15, 0.2) is 18.2 Å². The lowest BCUT2D eigenvalue weighted by atomic mass is 9.89. The molecule has 0 unspecified atom stereocenters. The van der Waals surface area contributed by atoms with Crippen LogP contribution < -0.4 is 5.32 Å². The first-order valence-electron chi connectivity index (χ1n) is 7.66. The Morgan fingerprint density at radius 1 is 1.10 bits per heavy atom. The third kappa shape index (κ3) is 2.72. The van der Waals surface area contributed by atoms with E-state index in [2.05, 4.69) is 10.2 Å². The lowest BCUT2D eigenvalue weighted by molar-refractivity contribution is 0.122. The predicted octanol–water partition coefficient (Wildman–Crippen LogP) is 3.10. The minimum absolute atomic E-state index is 0.0373. The molecule has 4 heteroatoms. The highest BCUT2D eigenvalue weighted by Crippen LogP contribution is 2.40. The van der Waals surface area contributed by atoms with Crippen molar-refractivity contribution in [1.82, 2.24) is 10.2 Å². The van der Waals surface area contributed by atoms with Gasteiger partial charge in [0.05, 0.1) is 0 Å². The van der Waals surface area contributed by atoms with Gasteiger partial charge in [-0.3, -0.25) is 4.90 Å². The molecule has 2 nitrogen and oxygen atoms in total. The normalized spacial score (nSPS) is 23.1. The highest BCUT2D eigenvalue weighted by atomic mass is 19.2. The van der Waals surface area contributed by atoms with Crippen molar-refractivity contribution in [2.45, 2.75) is 31.7 Å². The average molecular weight is 280 g/mol. The summed E-state index contributed by atoms with van der Waals surface area (Å²) in [7, 11) is 0. The summed E-state index contributed by atoms with van der Waals surface area (Å²) in [6.45, 7) is 3.69. The van der Waals surface area contributed by atoms with Crippen LogP contribution in [0.1, 0.15) is 37.3 Å². The van der Waals surface area contributed by atoms with E-state index in [1.54, 1.807) is 12.1 Å². The molecule has 1 heterocycles. The standard InChI is InChI=1S/C16H22F2N2/c17-14-7-3-6-13(15(14)18)16(12-4-1-2-5-12)20-10-8-19-9-11-20/h3,6-7,12,16,19H,1-2,4-5,8-11H2/t16-/m0/s1. The van der Waals surface area contributed by atoms with Gasteiger partial charge in [0.15, 0.2) is 11.6 Å². The van der Waals surface area contributed by atoms with Gasteiger partial charge in [-0.25, -0.2) is 8.78 Å². The van der Waals surface area contributed by atoms with Crippen molar-refractivity contribution in [2.24, 2.45) is 5.92 Å². The zero-order valence-corrected chi connectivity index (χ0v) is 11.7. The first kappa shape index (κ1) is 14.0. The topological polar surface area (TPSA) is 15.3 Å². The summed E-state index contributed by atoms with van der Waals surface area (Å²) in [5.74, 6) is -0.909. The Balaban J connectivity index is 1.93. The largest absolute Gasteiger partial charge is 0.314 e. The molecule has 2 fully saturated rings. The fourth-order valence-corrected chi connectivity index (χ4v) is 3.73. The minimum Gasteiger partial charge on any atom is -0.314 e. The first-order chi connectivity index (χ1) is 9.77. The summed E-state index contributed by atoms with van der Waals surface area (Å²) in [5, 5.41) is 3.33. The zero-order valence-electron chi connectivity index (χ0n) is 11.7. The number of nitrogens with one attached hydrogen (secondary N) is 1. The van der Waals surface area contributed by atoms with Gasteiger partial charge in [-0.2, -0.15) is 0 Å². The maximum atomic E-state index is 14.2. The minimum atomic E-state index is -0.722. The lowest BCUT2D eigenvalue weighted by Crippen LogP contribution is -2.47. The van der Waals surface area contributed by atoms with Gasteiger partial charge in [-0.1, -0.05) is 25.0 Å². The van der Waals surface area contributed by atoms with E-state index < -0.39 is 11.6 Å². The molecule has 3 rings (SSSR count). The van der Waals surface area contributed by atoms with Crippen molar-refractivity contribution in [3.05, 3.63) is 35.4 Å². The van der Waals surface area contributed by atoms with Crippen LogP contribution in [-0.2, 0) is 0 Å². The molecule has 1 aromatic rings. The van der Waals surface area contributed by atoms with Crippen molar-refractivity contribution in [1.29, 1.82) is 0 Å². The van der Waals surface area contributed by atoms with Crippen molar-refractivity contribution in [2.75, 3.05) is 26.2 Å². The second-order valence-corrected chi connectivity index (χ2v) is 5.92. The third-order valence-electron chi connectivity index (χ3n) is 4.69. The molecule has 1 aromatic carbocycles. The van der Waals surface area contributed by atoms with Crippen LogP contribution in [0.5, 0.6) is 0 Å². The maximum Gasteiger partial charge on any atom is 0.163 e. The molecule has 0 aromatic heterocycles. The van der Waals surface area contributed by atoms with Crippen LogP contribution >= 0.6 is 0 Å². The number of hydrogen-bond donors (Lipinski definition) is 1. The molecular weight excluding hydrogens is 258 g/mol. The summed E-state index contributed by atoms with van der Waals surface area (Å²) >= 11 is 0. The molecule has 0 bridgehead atoms. The Bertz CT molecular complexity index is 452. The Labute approximate surface area is 119 Å². The summed E-state index contributed by atoms with van der Waals surface area (Å²) < 4.78 is 27.8. The fourth-order valence-electron chi connectivity index (χ4n) is 3.73. The molecule has 1 aliphatic carbocycles. The van der Waals surface area contributed by atoms with Gasteiger partial charge >= 0.3 is 0 Å². The van der Waals surface area contributed by atoms with E-state index in [0.717, 1.165) is 39.0 Å².